The smallest absolute Gasteiger partial charge is 0.310 e. The Kier molecular flexibility index (Phi) is 48.5. The summed E-state index contributed by atoms with van der Waals surface area (Å²) in [5.41, 5.74) is 0. The highest BCUT2D eigenvalue weighted by atomic mass is 16.6. The van der Waals surface area contributed by atoms with Gasteiger partial charge in [-0.1, -0.05) is 228 Å². The molecule has 6 heteroatoms. The van der Waals surface area contributed by atoms with Crippen LogP contribution in [0.25, 0.3) is 0 Å². The van der Waals surface area contributed by atoms with Gasteiger partial charge < -0.3 is 14.2 Å². The van der Waals surface area contributed by atoms with Crippen LogP contribution in [0.1, 0.15) is 239 Å². The molecule has 0 aromatic heterocycles. The molecule has 0 saturated carbocycles. The summed E-state index contributed by atoms with van der Waals surface area (Å²) < 4.78 is 16.6. The van der Waals surface area contributed by atoms with E-state index in [1.54, 1.807) is 6.08 Å². The highest BCUT2D eigenvalue weighted by molar-refractivity contribution is 5.72. The molecule has 0 bridgehead atoms. The van der Waals surface area contributed by atoms with E-state index >= 15 is 0 Å². The summed E-state index contributed by atoms with van der Waals surface area (Å²) in [5.74, 6) is -1.06. The van der Waals surface area contributed by atoms with E-state index in [0.717, 1.165) is 77.0 Å². The maximum absolute atomic E-state index is 12.7. The SMILES string of the molecule is CC/C=C\C/C=C\C/C=C\C/C=C\C/C=C\CC(=O)OC(COC(=O)CCCCCCCCC)COC(=O)CCCCCCCCCCCCC/C=C\C/C=C\CCCCCCC. The van der Waals surface area contributed by atoms with Gasteiger partial charge in [-0.3, -0.25) is 14.4 Å². The van der Waals surface area contributed by atoms with E-state index in [4.69, 9.17) is 14.2 Å². The molecule has 0 aromatic carbocycles. The minimum atomic E-state index is -0.828. The molecule has 63 heavy (non-hydrogen) atoms. The lowest BCUT2D eigenvalue weighted by molar-refractivity contribution is -0.166. The second-order valence-electron chi connectivity index (χ2n) is 17.1. The molecule has 0 aliphatic carbocycles. The molecule has 1 unspecified atom stereocenters. The van der Waals surface area contributed by atoms with Crippen LogP contribution in [0, 0.1) is 0 Å². The molecule has 0 aromatic rings. The molecule has 0 rings (SSSR count). The molecule has 0 amide bonds. The van der Waals surface area contributed by atoms with Crippen molar-refractivity contribution in [3.05, 3.63) is 85.1 Å². The second-order valence-corrected chi connectivity index (χ2v) is 17.1. The van der Waals surface area contributed by atoms with E-state index in [1.165, 1.54) is 122 Å². The van der Waals surface area contributed by atoms with Gasteiger partial charge in [-0.2, -0.15) is 0 Å². The van der Waals surface area contributed by atoms with Gasteiger partial charge in [-0.15, -0.1) is 0 Å². The summed E-state index contributed by atoms with van der Waals surface area (Å²) in [5, 5.41) is 0. The van der Waals surface area contributed by atoms with Crippen LogP contribution >= 0.6 is 0 Å². The van der Waals surface area contributed by atoms with Crippen LogP contribution in [0.3, 0.4) is 0 Å². The predicted molar refractivity (Wildman–Crippen MR) is 270 cm³/mol. The van der Waals surface area contributed by atoms with Crippen LogP contribution in [-0.2, 0) is 28.6 Å². The lowest BCUT2D eigenvalue weighted by atomic mass is 10.0. The van der Waals surface area contributed by atoms with Crippen molar-refractivity contribution in [1.82, 2.24) is 0 Å². The molecule has 0 aliphatic heterocycles. The molecule has 0 fully saturated rings. The summed E-state index contributed by atoms with van der Waals surface area (Å²) in [7, 11) is 0. The van der Waals surface area contributed by atoms with Gasteiger partial charge in [0.2, 0.25) is 0 Å². The van der Waals surface area contributed by atoms with E-state index in [9.17, 15) is 14.4 Å². The molecule has 0 aliphatic rings. The molecular formula is C57H96O6. The van der Waals surface area contributed by atoms with E-state index in [0.29, 0.717) is 12.8 Å². The second kappa shape index (κ2) is 51.2. The Hall–Kier alpha value is -3.41. The van der Waals surface area contributed by atoms with Crippen molar-refractivity contribution in [2.75, 3.05) is 13.2 Å². The van der Waals surface area contributed by atoms with Crippen LogP contribution in [0.2, 0.25) is 0 Å². The van der Waals surface area contributed by atoms with Crippen molar-refractivity contribution in [3.63, 3.8) is 0 Å². The van der Waals surface area contributed by atoms with E-state index in [1.807, 2.05) is 6.08 Å². The molecule has 0 spiro atoms. The number of rotatable bonds is 46. The highest BCUT2D eigenvalue weighted by Gasteiger charge is 2.19. The first kappa shape index (κ1) is 59.6. The molecule has 0 saturated heterocycles. The van der Waals surface area contributed by atoms with E-state index in [-0.39, 0.29) is 31.6 Å². The summed E-state index contributed by atoms with van der Waals surface area (Å²) in [4.78, 5) is 37.7. The number of esters is 3. The van der Waals surface area contributed by atoms with Gasteiger partial charge in [0.15, 0.2) is 6.10 Å². The van der Waals surface area contributed by atoms with Gasteiger partial charge in [0.05, 0.1) is 6.42 Å². The zero-order chi connectivity index (χ0) is 45.8. The quantitative estimate of drug-likeness (QED) is 0.0262. The summed E-state index contributed by atoms with van der Waals surface area (Å²) in [6, 6.07) is 0. The maximum Gasteiger partial charge on any atom is 0.310 e. The van der Waals surface area contributed by atoms with Crippen molar-refractivity contribution < 1.29 is 28.6 Å². The summed E-state index contributed by atoms with van der Waals surface area (Å²) in [6.45, 7) is 6.38. The zero-order valence-electron chi connectivity index (χ0n) is 41.1. The minimum Gasteiger partial charge on any atom is -0.462 e. The third-order valence-corrected chi connectivity index (χ3v) is 10.9. The van der Waals surface area contributed by atoms with Crippen LogP contribution in [0.5, 0.6) is 0 Å². The first-order chi connectivity index (χ1) is 31.0. The van der Waals surface area contributed by atoms with E-state index in [2.05, 4.69) is 93.7 Å². The number of unbranched alkanes of at least 4 members (excludes halogenated alkanes) is 22. The Morgan fingerprint density at radius 3 is 1.05 bits per heavy atom. The average molecular weight is 877 g/mol. The topological polar surface area (TPSA) is 78.9 Å². The largest absolute Gasteiger partial charge is 0.462 e. The van der Waals surface area contributed by atoms with Gasteiger partial charge in [-0.25, -0.2) is 0 Å². The monoisotopic (exact) mass is 877 g/mol. The number of hydrogen-bond acceptors (Lipinski definition) is 6. The third-order valence-electron chi connectivity index (χ3n) is 10.9. The fourth-order valence-electron chi connectivity index (χ4n) is 7.02. The van der Waals surface area contributed by atoms with Crippen LogP contribution < -0.4 is 0 Å². The molecule has 360 valence electrons. The first-order valence-corrected chi connectivity index (χ1v) is 26.1. The molecule has 1 atom stereocenters. The number of carbonyl (C=O) groups is 3. The van der Waals surface area contributed by atoms with Gasteiger partial charge in [0.1, 0.15) is 13.2 Å². The van der Waals surface area contributed by atoms with Gasteiger partial charge in [0.25, 0.3) is 0 Å². The van der Waals surface area contributed by atoms with Crippen molar-refractivity contribution in [2.24, 2.45) is 0 Å². The van der Waals surface area contributed by atoms with E-state index < -0.39 is 12.1 Å². The predicted octanol–water partition coefficient (Wildman–Crippen LogP) is 17.2. The molecule has 6 nitrogen and oxygen atoms in total. The number of carbonyl (C=O) groups excluding carboxylic acids is 3. The molecule has 0 heterocycles. The van der Waals surface area contributed by atoms with Crippen molar-refractivity contribution in [2.45, 2.75) is 245 Å². The Bertz CT molecular complexity index is 1240. The summed E-state index contributed by atoms with van der Waals surface area (Å²) >= 11 is 0. The standard InChI is InChI=1S/C57H96O6/c1-4-7-10-13-16-18-20-22-24-25-26-27-28-29-30-31-33-34-36-38-41-44-47-50-56(59)62-53-54(52-61-55(58)49-46-43-40-15-12-9-6-3)63-57(60)51-48-45-42-39-37-35-32-23-21-19-17-14-11-8-5-2/h8,11,17,19-20,22-23,25-26,32,37,39,45,48,54H,4-7,9-10,12-16,18,21,24,27-31,33-36,38,40-44,46-47,49-53H2,1-3H3/b11-8-,19-17-,22-20-,26-25-,32-23-,39-37-,48-45-. The van der Waals surface area contributed by atoms with Crippen LogP contribution in [-0.4, -0.2) is 37.2 Å². The van der Waals surface area contributed by atoms with Crippen molar-refractivity contribution in [3.8, 4) is 0 Å². The van der Waals surface area contributed by atoms with Gasteiger partial charge >= 0.3 is 17.9 Å². The lowest BCUT2D eigenvalue weighted by Gasteiger charge is -2.18. The fourth-order valence-corrected chi connectivity index (χ4v) is 7.02. The lowest BCUT2D eigenvalue weighted by Crippen LogP contribution is -2.30. The molecule has 0 radical (unpaired) electrons. The van der Waals surface area contributed by atoms with Gasteiger partial charge in [0, 0.05) is 12.8 Å². The summed E-state index contributed by atoms with van der Waals surface area (Å²) in [6.07, 6.45) is 66.2. The average Bonchev–Trinajstić information content (AvgIpc) is 3.28. The van der Waals surface area contributed by atoms with Crippen molar-refractivity contribution in [1.29, 1.82) is 0 Å². The van der Waals surface area contributed by atoms with Crippen LogP contribution in [0.4, 0.5) is 0 Å². The molecule has 0 N–H and O–H groups in total. The Balaban J connectivity index is 4.29. The van der Waals surface area contributed by atoms with Gasteiger partial charge in [-0.05, 0) is 77.0 Å². The zero-order valence-corrected chi connectivity index (χ0v) is 41.1. The minimum absolute atomic E-state index is 0.0968. The van der Waals surface area contributed by atoms with Crippen molar-refractivity contribution >= 4 is 17.9 Å². The Morgan fingerprint density at radius 2 is 0.667 bits per heavy atom. The first-order valence-electron chi connectivity index (χ1n) is 26.1. The number of hydrogen-bond donors (Lipinski definition) is 0. The Morgan fingerprint density at radius 1 is 0.349 bits per heavy atom. The maximum atomic E-state index is 12.7. The number of allylic oxidation sites excluding steroid dienone is 13. The fraction of sp³-hybridized carbons (Fsp3) is 0.702. The molecular weight excluding hydrogens is 781 g/mol. The third kappa shape index (κ3) is 49.5. The highest BCUT2D eigenvalue weighted by Crippen LogP contribution is 2.14. The Labute approximate surface area is 388 Å². The normalized spacial score (nSPS) is 12.7. The number of ether oxygens (including phenoxy) is 3. The van der Waals surface area contributed by atoms with Crippen LogP contribution in [0.15, 0.2) is 85.1 Å².